The third-order valence-corrected chi connectivity index (χ3v) is 7.54. The highest BCUT2D eigenvalue weighted by molar-refractivity contribution is 14.1. The van der Waals surface area contributed by atoms with Gasteiger partial charge in [0, 0.05) is 31.7 Å². The molecule has 3 rings (SSSR count). The van der Waals surface area contributed by atoms with Crippen molar-refractivity contribution in [2.75, 3.05) is 32.9 Å². The molecule has 0 aromatic heterocycles. The number of hydrogen-bond donors (Lipinski definition) is 3. The maximum absolute atomic E-state index is 13.3. The molecule has 0 bridgehead atoms. The van der Waals surface area contributed by atoms with Crippen molar-refractivity contribution in [3.63, 3.8) is 0 Å². The fourth-order valence-corrected chi connectivity index (χ4v) is 5.32. The van der Waals surface area contributed by atoms with Gasteiger partial charge in [-0.15, -0.1) is 0 Å². The van der Waals surface area contributed by atoms with Gasteiger partial charge in [0.2, 0.25) is 11.8 Å². The summed E-state index contributed by atoms with van der Waals surface area (Å²) in [5, 5.41) is 23.3. The Morgan fingerprint density at radius 3 is 2.63 bits per heavy atom. The molecule has 0 unspecified atom stereocenters. The number of nitrogens with one attached hydrogen (secondary N) is 1. The van der Waals surface area contributed by atoms with E-state index >= 15 is 0 Å². The van der Waals surface area contributed by atoms with Gasteiger partial charge in [0.1, 0.15) is 24.6 Å². The monoisotopic (exact) mass is 600 g/mol. The predicted molar refractivity (Wildman–Crippen MR) is 141 cm³/mol. The van der Waals surface area contributed by atoms with Gasteiger partial charge in [-0.05, 0) is 66.5 Å². The Kier molecular flexibility index (Phi) is 11.3. The average Bonchev–Trinajstić information content (AvgIpc) is 2.87. The summed E-state index contributed by atoms with van der Waals surface area (Å²) in [4.78, 5) is 27.9. The molecule has 0 saturated heterocycles. The number of aliphatic hydroxyl groups excluding tert-OH is 2. The summed E-state index contributed by atoms with van der Waals surface area (Å²) in [5.74, 6) is 0.436. The summed E-state index contributed by atoms with van der Waals surface area (Å²) >= 11 is 2.17. The van der Waals surface area contributed by atoms with Crippen molar-refractivity contribution >= 4 is 34.4 Å². The molecular weight excluding hydrogens is 563 g/mol. The van der Waals surface area contributed by atoms with Crippen molar-refractivity contribution < 1.29 is 29.3 Å². The molecule has 8 nitrogen and oxygen atoms in total. The van der Waals surface area contributed by atoms with E-state index in [1.54, 1.807) is 11.0 Å². The number of halogens is 1. The number of aliphatic hydroxyl groups is 2. The predicted octanol–water partition coefficient (Wildman–Crippen LogP) is 2.65. The van der Waals surface area contributed by atoms with Gasteiger partial charge in [-0.3, -0.25) is 9.59 Å². The number of amides is 2. The lowest BCUT2D eigenvalue weighted by Gasteiger charge is -2.42. The molecule has 0 spiro atoms. The number of carbonyl (C=O) groups excluding carboxylic acids is 2. The summed E-state index contributed by atoms with van der Waals surface area (Å²) in [7, 11) is 0. The van der Waals surface area contributed by atoms with Crippen LogP contribution < -0.4 is 10.1 Å². The molecule has 194 valence electrons. The molecule has 1 aromatic rings. The molecule has 2 aliphatic carbocycles. The van der Waals surface area contributed by atoms with Gasteiger partial charge in [0.15, 0.2) is 0 Å². The molecule has 0 radical (unpaired) electrons. The molecule has 2 aliphatic rings. The zero-order valence-corrected chi connectivity index (χ0v) is 22.5. The van der Waals surface area contributed by atoms with E-state index in [4.69, 9.17) is 14.6 Å². The normalized spacial score (nSPS) is 22.9. The second kappa shape index (κ2) is 14.2. The van der Waals surface area contributed by atoms with Gasteiger partial charge in [0.25, 0.3) is 0 Å². The number of para-hydroxylation sites is 1. The van der Waals surface area contributed by atoms with Crippen LogP contribution in [0.2, 0.25) is 0 Å². The van der Waals surface area contributed by atoms with Gasteiger partial charge in [0.05, 0.1) is 16.2 Å². The number of ether oxygens (including phenoxy) is 2. The van der Waals surface area contributed by atoms with Gasteiger partial charge >= 0.3 is 0 Å². The Hall–Kier alpha value is -1.69. The van der Waals surface area contributed by atoms with E-state index in [-0.39, 0.29) is 38.0 Å². The molecule has 1 fully saturated rings. The van der Waals surface area contributed by atoms with Gasteiger partial charge in [-0.2, -0.15) is 0 Å². The fourth-order valence-electron chi connectivity index (χ4n) is 4.81. The lowest BCUT2D eigenvalue weighted by atomic mass is 9.85. The molecule has 1 saturated carbocycles. The highest BCUT2D eigenvalue weighted by Crippen LogP contribution is 2.32. The number of benzene rings is 1. The summed E-state index contributed by atoms with van der Waals surface area (Å²) in [5.41, 5.74) is 0.433. The molecule has 9 heteroatoms. The van der Waals surface area contributed by atoms with Crippen LogP contribution in [-0.4, -0.2) is 78.1 Å². The largest absolute Gasteiger partial charge is 0.482 e. The molecule has 1 aromatic carbocycles. The Bertz CT molecular complexity index is 873. The molecule has 3 atom stereocenters. The van der Waals surface area contributed by atoms with E-state index in [1.165, 1.54) is 6.42 Å². The van der Waals surface area contributed by atoms with E-state index in [0.717, 1.165) is 29.3 Å². The van der Waals surface area contributed by atoms with Gasteiger partial charge in [-0.25, -0.2) is 0 Å². The van der Waals surface area contributed by atoms with Crippen LogP contribution in [0, 0.1) is 9.49 Å². The first-order valence-electron chi connectivity index (χ1n) is 12.5. The van der Waals surface area contributed by atoms with Crippen molar-refractivity contribution in [3.05, 3.63) is 39.5 Å². The first-order valence-corrected chi connectivity index (χ1v) is 13.6. The number of carbonyl (C=O) groups is 2. The maximum Gasteiger partial charge on any atom is 0.248 e. The third-order valence-electron chi connectivity index (χ3n) is 6.64. The Morgan fingerprint density at radius 1 is 1.20 bits per heavy atom. The van der Waals surface area contributed by atoms with E-state index in [0.29, 0.717) is 30.4 Å². The Balaban J connectivity index is 1.90. The summed E-state index contributed by atoms with van der Waals surface area (Å²) in [6.07, 6.45) is 5.59. The van der Waals surface area contributed by atoms with Gasteiger partial charge < -0.3 is 29.9 Å². The number of rotatable bonds is 11. The first kappa shape index (κ1) is 27.9. The van der Waals surface area contributed by atoms with E-state index in [1.807, 2.05) is 31.2 Å². The maximum atomic E-state index is 13.3. The number of hydrogen-bond acceptors (Lipinski definition) is 6. The topological polar surface area (TPSA) is 108 Å². The van der Waals surface area contributed by atoms with Crippen molar-refractivity contribution in [1.29, 1.82) is 0 Å². The Morgan fingerprint density at radius 2 is 1.94 bits per heavy atom. The fraction of sp³-hybridized carbons (Fsp3) is 0.615. The van der Waals surface area contributed by atoms with Crippen LogP contribution in [-0.2, 0) is 14.3 Å². The van der Waals surface area contributed by atoms with Crippen LogP contribution >= 0.6 is 22.6 Å². The smallest absolute Gasteiger partial charge is 0.248 e. The molecule has 0 heterocycles. The summed E-state index contributed by atoms with van der Waals surface area (Å²) < 4.78 is 12.5. The minimum atomic E-state index is -1.02. The van der Waals surface area contributed by atoms with Crippen molar-refractivity contribution in [1.82, 2.24) is 10.2 Å². The molecule has 0 aliphatic heterocycles. The molecule has 3 N–H and O–H groups in total. The second-order valence-electron chi connectivity index (χ2n) is 9.13. The van der Waals surface area contributed by atoms with Crippen molar-refractivity contribution in [3.8, 4) is 5.75 Å². The third kappa shape index (κ3) is 7.90. The molecule has 35 heavy (non-hydrogen) atoms. The average molecular weight is 600 g/mol. The van der Waals surface area contributed by atoms with Crippen LogP contribution in [0.1, 0.15) is 45.4 Å². The zero-order valence-electron chi connectivity index (χ0n) is 20.3. The van der Waals surface area contributed by atoms with E-state index in [2.05, 4.69) is 27.9 Å². The second-order valence-corrected chi connectivity index (χ2v) is 10.3. The standard InChI is InChI=1S/C26H37IN2O6/c1-2-34-17-24(31)29(16-18-8-4-3-5-9-18)21-14-19(26(33)28-12-13-30)15-23(25(21)32)35-22-11-7-6-10-20(22)27/h6-7,10-11,15,18,21,23,25,30,32H,2-5,8-9,12-14,16-17H2,1H3,(H,28,33)/t21-,23+,25+/m1/s1. The van der Waals surface area contributed by atoms with Crippen molar-refractivity contribution in [2.24, 2.45) is 5.92 Å². The molecule has 2 amide bonds. The minimum Gasteiger partial charge on any atom is -0.482 e. The lowest BCUT2D eigenvalue weighted by Crippen LogP contribution is -2.56. The molecular formula is C26H37IN2O6. The lowest BCUT2D eigenvalue weighted by molar-refractivity contribution is -0.144. The highest BCUT2D eigenvalue weighted by Gasteiger charge is 2.41. The number of nitrogens with zero attached hydrogens (tertiary/aromatic N) is 1. The van der Waals surface area contributed by atoms with E-state index < -0.39 is 18.2 Å². The summed E-state index contributed by atoms with van der Waals surface area (Å²) in [6, 6.07) is 6.84. The van der Waals surface area contributed by atoms with Crippen LogP contribution in [0.4, 0.5) is 0 Å². The van der Waals surface area contributed by atoms with Crippen LogP contribution in [0.25, 0.3) is 0 Å². The van der Waals surface area contributed by atoms with Crippen LogP contribution in [0.5, 0.6) is 5.75 Å². The van der Waals surface area contributed by atoms with Crippen LogP contribution in [0.15, 0.2) is 35.9 Å². The quantitative estimate of drug-likeness (QED) is 0.338. The van der Waals surface area contributed by atoms with E-state index in [9.17, 15) is 14.7 Å². The summed E-state index contributed by atoms with van der Waals surface area (Å²) in [6.45, 7) is 2.67. The van der Waals surface area contributed by atoms with Crippen molar-refractivity contribution in [2.45, 2.75) is 63.7 Å². The minimum absolute atomic E-state index is 0.0652. The first-order chi connectivity index (χ1) is 16.9. The highest BCUT2D eigenvalue weighted by atomic mass is 127. The van der Waals surface area contributed by atoms with Gasteiger partial charge in [-0.1, -0.05) is 31.4 Å². The van der Waals surface area contributed by atoms with Crippen LogP contribution in [0.3, 0.4) is 0 Å². The Labute approximate surface area is 221 Å². The SMILES string of the molecule is CCOCC(=O)N(CC1CCCCC1)[C@@H]1CC(C(=O)NCCO)=C[C@H](Oc2ccccc2I)[C@H]1O. The zero-order chi connectivity index (χ0) is 25.2.